The summed E-state index contributed by atoms with van der Waals surface area (Å²) in [6, 6.07) is 7.83. The van der Waals surface area contributed by atoms with E-state index in [0.29, 0.717) is 18.6 Å². The zero-order chi connectivity index (χ0) is 18.4. The van der Waals surface area contributed by atoms with Crippen molar-refractivity contribution >= 4 is 33.7 Å². The van der Waals surface area contributed by atoms with E-state index in [1.165, 1.54) is 0 Å². The number of anilines is 1. The molecule has 2 atom stereocenters. The van der Waals surface area contributed by atoms with Crippen LogP contribution in [0.1, 0.15) is 32.1 Å². The maximum Gasteiger partial charge on any atom is 0.227 e. The number of carbonyl (C=O) groups excluding carboxylic acids is 2. The van der Waals surface area contributed by atoms with Crippen LogP contribution in [0, 0.1) is 17.8 Å². The van der Waals surface area contributed by atoms with Crippen molar-refractivity contribution in [1.29, 1.82) is 0 Å². The predicted octanol–water partition coefficient (Wildman–Crippen LogP) is 4.40. The summed E-state index contributed by atoms with van der Waals surface area (Å²) in [7, 11) is 0. The first-order valence-corrected chi connectivity index (χ1v) is 10.4. The summed E-state index contributed by atoms with van der Waals surface area (Å²) < 4.78 is 2.01. The van der Waals surface area contributed by atoms with Crippen LogP contribution >= 0.6 is 11.3 Å². The average molecular weight is 379 g/mol. The predicted molar refractivity (Wildman–Crippen MR) is 106 cm³/mol. The number of nitrogens with zero attached hydrogens (tertiary/aromatic N) is 2. The topological polar surface area (TPSA) is 63.5 Å². The molecule has 2 aromatic heterocycles. The molecule has 27 heavy (non-hydrogen) atoms. The van der Waals surface area contributed by atoms with Crippen molar-refractivity contribution in [3.05, 3.63) is 42.0 Å². The third-order valence-corrected chi connectivity index (χ3v) is 6.73. The second-order valence-electron chi connectivity index (χ2n) is 7.68. The molecule has 0 spiro atoms. The van der Waals surface area contributed by atoms with Gasteiger partial charge in [0.05, 0.1) is 5.69 Å². The molecule has 1 amide bonds. The number of carbonyl (C=O) groups is 2. The SMILES string of the molecule is O=C(Nc1ccc(-c2cn3ccsc3n2)cc1)C1C[C@H]2CCC[C@H](C1)C2=O. The summed E-state index contributed by atoms with van der Waals surface area (Å²) in [4.78, 5) is 30.5. The molecular weight excluding hydrogens is 358 g/mol. The molecule has 2 saturated carbocycles. The Morgan fingerprint density at radius 2 is 1.89 bits per heavy atom. The Morgan fingerprint density at radius 3 is 2.59 bits per heavy atom. The monoisotopic (exact) mass is 379 g/mol. The highest BCUT2D eigenvalue weighted by atomic mass is 32.1. The Labute approximate surface area is 161 Å². The van der Waals surface area contributed by atoms with E-state index >= 15 is 0 Å². The molecule has 2 aliphatic rings. The minimum atomic E-state index is -0.0439. The van der Waals surface area contributed by atoms with Gasteiger partial charge in [-0.3, -0.25) is 14.0 Å². The van der Waals surface area contributed by atoms with E-state index in [2.05, 4.69) is 10.3 Å². The van der Waals surface area contributed by atoms with Gasteiger partial charge in [-0.15, -0.1) is 11.3 Å². The van der Waals surface area contributed by atoms with Gasteiger partial charge >= 0.3 is 0 Å². The lowest BCUT2D eigenvalue weighted by molar-refractivity contribution is -0.136. The Balaban J connectivity index is 1.27. The highest BCUT2D eigenvalue weighted by Gasteiger charge is 2.41. The fourth-order valence-corrected chi connectivity index (χ4v) is 5.23. The average Bonchev–Trinajstić information content (AvgIpc) is 3.24. The molecule has 0 aliphatic heterocycles. The summed E-state index contributed by atoms with van der Waals surface area (Å²) in [5, 5.41) is 5.05. The molecule has 5 nitrogen and oxygen atoms in total. The number of benzene rings is 1. The van der Waals surface area contributed by atoms with E-state index in [-0.39, 0.29) is 23.7 Å². The zero-order valence-corrected chi connectivity index (χ0v) is 15.7. The first-order valence-electron chi connectivity index (χ1n) is 9.54. The number of Topliss-reactive ketones (excluding diaryl/α,β-unsaturated/α-hetero) is 1. The number of fused-ring (bicyclic) bond motifs is 3. The highest BCUT2D eigenvalue weighted by molar-refractivity contribution is 7.15. The molecule has 138 valence electrons. The number of hydrogen-bond donors (Lipinski definition) is 1. The van der Waals surface area contributed by atoms with Crippen LogP contribution < -0.4 is 5.32 Å². The summed E-state index contributed by atoms with van der Waals surface area (Å²) in [5.74, 6) is 0.609. The van der Waals surface area contributed by atoms with E-state index < -0.39 is 0 Å². The minimum absolute atomic E-state index is 0.0439. The Morgan fingerprint density at radius 1 is 1.15 bits per heavy atom. The quantitative estimate of drug-likeness (QED) is 0.734. The number of aromatic nitrogens is 2. The van der Waals surface area contributed by atoms with Crippen LogP contribution in [-0.2, 0) is 9.59 Å². The van der Waals surface area contributed by atoms with Gasteiger partial charge in [0.2, 0.25) is 5.91 Å². The van der Waals surface area contributed by atoms with E-state index in [1.807, 2.05) is 46.4 Å². The van der Waals surface area contributed by atoms with E-state index in [1.54, 1.807) is 11.3 Å². The van der Waals surface area contributed by atoms with E-state index in [4.69, 9.17) is 0 Å². The molecule has 2 aliphatic carbocycles. The smallest absolute Gasteiger partial charge is 0.227 e. The summed E-state index contributed by atoms with van der Waals surface area (Å²) in [6.45, 7) is 0. The summed E-state index contributed by atoms with van der Waals surface area (Å²) in [6.07, 6.45) is 8.47. The van der Waals surface area contributed by atoms with Crippen LogP contribution in [0.4, 0.5) is 5.69 Å². The summed E-state index contributed by atoms with van der Waals surface area (Å²) >= 11 is 1.61. The van der Waals surface area contributed by atoms with Gasteiger partial charge in [0.15, 0.2) is 4.96 Å². The van der Waals surface area contributed by atoms with Gasteiger partial charge in [0, 0.05) is 46.8 Å². The molecule has 0 saturated heterocycles. The molecule has 6 heteroatoms. The molecule has 3 aromatic rings. The van der Waals surface area contributed by atoms with Crippen molar-refractivity contribution in [2.75, 3.05) is 5.32 Å². The Hall–Kier alpha value is -2.47. The molecule has 2 heterocycles. The van der Waals surface area contributed by atoms with E-state index in [9.17, 15) is 9.59 Å². The number of thiazole rings is 1. The highest BCUT2D eigenvalue weighted by Crippen LogP contribution is 2.40. The zero-order valence-electron chi connectivity index (χ0n) is 14.9. The molecule has 1 N–H and O–H groups in total. The third-order valence-electron chi connectivity index (χ3n) is 5.96. The molecule has 0 radical (unpaired) electrons. The van der Waals surface area contributed by atoms with Gasteiger partial charge < -0.3 is 5.32 Å². The van der Waals surface area contributed by atoms with Crippen molar-refractivity contribution in [1.82, 2.24) is 9.38 Å². The van der Waals surface area contributed by atoms with Crippen molar-refractivity contribution in [3.63, 3.8) is 0 Å². The van der Waals surface area contributed by atoms with Crippen LogP contribution in [0.25, 0.3) is 16.2 Å². The second kappa shape index (κ2) is 6.60. The lowest BCUT2D eigenvalue weighted by Gasteiger charge is -2.36. The normalized spacial score (nSPS) is 24.9. The first kappa shape index (κ1) is 16.7. The third kappa shape index (κ3) is 3.08. The molecule has 2 bridgehead atoms. The Kier molecular flexibility index (Phi) is 4.08. The number of amides is 1. The van der Waals surface area contributed by atoms with E-state index in [0.717, 1.165) is 41.2 Å². The lowest BCUT2D eigenvalue weighted by Crippen LogP contribution is -2.40. The molecule has 0 unspecified atom stereocenters. The van der Waals surface area contributed by atoms with Crippen molar-refractivity contribution in [2.24, 2.45) is 17.8 Å². The molecule has 5 rings (SSSR count). The maximum atomic E-state index is 12.7. The minimum Gasteiger partial charge on any atom is -0.326 e. The van der Waals surface area contributed by atoms with Crippen molar-refractivity contribution < 1.29 is 9.59 Å². The van der Waals surface area contributed by atoms with Crippen LogP contribution in [0.15, 0.2) is 42.0 Å². The van der Waals surface area contributed by atoms with Gasteiger partial charge in [-0.25, -0.2) is 4.98 Å². The van der Waals surface area contributed by atoms with Crippen LogP contribution in [0.5, 0.6) is 0 Å². The van der Waals surface area contributed by atoms with Crippen molar-refractivity contribution in [3.8, 4) is 11.3 Å². The Bertz CT molecular complexity index is 960. The second-order valence-corrected chi connectivity index (χ2v) is 8.55. The maximum absolute atomic E-state index is 12.7. The largest absolute Gasteiger partial charge is 0.326 e. The lowest BCUT2D eigenvalue weighted by atomic mass is 9.67. The fourth-order valence-electron chi connectivity index (χ4n) is 4.53. The van der Waals surface area contributed by atoms with Crippen molar-refractivity contribution in [2.45, 2.75) is 32.1 Å². The van der Waals surface area contributed by atoms with Gasteiger partial charge in [0.25, 0.3) is 0 Å². The molecule has 2 fully saturated rings. The standard InChI is InChI=1S/C21H21N3O2S/c25-19-14-2-1-3-15(19)11-16(10-14)20(26)22-17-6-4-13(5-7-17)18-12-24-8-9-27-21(24)23-18/h4-9,12,14-16H,1-3,10-11H2,(H,22,26)/t14-,15-/m1/s1. The fraction of sp³-hybridized carbons (Fsp3) is 0.381. The number of ketones is 1. The number of nitrogens with one attached hydrogen (secondary N) is 1. The van der Waals surface area contributed by atoms with Crippen LogP contribution in [-0.4, -0.2) is 21.1 Å². The first-order chi connectivity index (χ1) is 13.2. The van der Waals surface area contributed by atoms with Gasteiger partial charge in [-0.2, -0.15) is 0 Å². The number of hydrogen-bond acceptors (Lipinski definition) is 4. The van der Waals surface area contributed by atoms with Crippen LogP contribution in [0.3, 0.4) is 0 Å². The van der Waals surface area contributed by atoms with Crippen LogP contribution in [0.2, 0.25) is 0 Å². The summed E-state index contributed by atoms with van der Waals surface area (Å²) in [5.41, 5.74) is 2.76. The number of rotatable bonds is 3. The van der Waals surface area contributed by atoms with Gasteiger partial charge in [-0.1, -0.05) is 18.6 Å². The molecular formula is C21H21N3O2S. The van der Waals surface area contributed by atoms with Gasteiger partial charge in [0.1, 0.15) is 5.78 Å². The number of imidazole rings is 1. The van der Waals surface area contributed by atoms with Gasteiger partial charge in [-0.05, 0) is 37.8 Å². The molecule has 1 aromatic carbocycles.